The van der Waals surface area contributed by atoms with Gasteiger partial charge in [-0.3, -0.25) is 4.98 Å². The molecule has 0 aliphatic carbocycles. The Kier molecular flexibility index (Phi) is 4.15. The number of pyridine rings is 1. The lowest BCUT2D eigenvalue weighted by molar-refractivity contribution is 0.708. The maximum atomic E-state index is 4.39. The molecule has 2 heterocycles. The zero-order chi connectivity index (χ0) is 12.1. The highest BCUT2D eigenvalue weighted by molar-refractivity contribution is 5.48. The Bertz CT molecular complexity index is 398. The van der Waals surface area contributed by atoms with Crippen molar-refractivity contribution in [1.29, 1.82) is 0 Å². The van der Waals surface area contributed by atoms with E-state index in [9.17, 15) is 0 Å². The minimum absolute atomic E-state index is 0.854. The summed E-state index contributed by atoms with van der Waals surface area (Å²) in [7, 11) is 0. The lowest BCUT2D eigenvalue weighted by atomic mass is 10.1. The molecule has 2 rings (SSSR count). The molecule has 1 N–H and O–H groups in total. The lowest BCUT2D eigenvalue weighted by Crippen LogP contribution is -2.29. The van der Waals surface area contributed by atoms with E-state index in [0.29, 0.717) is 0 Å². The van der Waals surface area contributed by atoms with Crippen molar-refractivity contribution in [2.45, 2.75) is 26.8 Å². The first-order chi connectivity index (χ1) is 8.29. The Balaban J connectivity index is 2.07. The van der Waals surface area contributed by atoms with Gasteiger partial charge in [0.2, 0.25) is 0 Å². The Labute approximate surface area is 104 Å². The number of hydrogen-bond donors (Lipinski definition) is 1. The van der Waals surface area contributed by atoms with Crippen LogP contribution in [0.3, 0.4) is 0 Å². The molecule has 3 heteroatoms. The molecule has 0 saturated heterocycles. The van der Waals surface area contributed by atoms with E-state index >= 15 is 0 Å². The predicted octanol–water partition coefficient (Wildman–Crippen LogP) is 2.35. The fraction of sp³-hybridized carbons (Fsp3) is 0.500. The monoisotopic (exact) mass is 231 g/mol. The Morgan fingerprint density at radius 1 is 1.47 bits per heavy atom. The quantitative estimate of drug-likeness (QED) is 0.806. The van der Waals surface area contributed by atoms with Crippen molar-refractivity contribution in [1.82, 2.24) is 10.3 Å². The van der Waals surface area contributed by atoms with Crippen molar-refractivity contribution in [3.05, 3.63) is 35.7 Å². The molecule has 0 radical (unpaired) electrons. The average molecular weight is 231 g/mol. The largest absolute Gasteiger partial charge is 0.367 e. The summed E-state index contributed by atoms with van der Waals surface area (Å²) in [5, 5.41) is 3.31. The summed E-state index contributed by atoms with van der Waals surface area (Å²) in [6.45, 7) is 8.31. The molecular weight excluding hydrogens is 210 g/mol. The molecule has 92 valence electrons. The minimum atomic E-state index is 0.854. The summed E-state index contributed by atoms with van der Waals surface area (Å²) >= 11 is 0. The summed E-state index contributed by atoms with van der Waals surface area (Å²) in [5.41, 5.74) is 3.87. The number of hydrogen-bond acceptors (Lipinski definition) is 3. The van der Waals surface area contributed by atoms with Crippen molar-refractivity contribution >= 4 is 5.69 Å². The molecule has 0 fully saturated rings. The van der Waals surface area contributed by atoms with Crippen LogP contribution in [0.1, 0.15) is 26.0 Å². The fourth-order valence-electron chi connectivity index (χ4n) is 2.14. The van der Waals surface area contributed by atoms with Crippen LogP contribution in [0.15, 0.2) is 30.0 Å². The van der Waals surface area contributed by atoms with Gasteiger partial charge in [0.25, 0.3) is 0 Å². The van der Waals surface area contributed by atoms with Crippen LogP contribution in [-0.2, 0) is 6.54 Å². The minimum Gasteiger partial charge on any atom is -0.367 e. The van der Waals surface area contributed by atoms with E-state index in [0.717, 1.165) is 38.3 Å². The van der Waals surface area contributed by atoms with Crippen molar-refractivity contribution in [3.8, 4) is 0 Å². The fourth-order valence-corrected chi connectivity index (χ4v) is 2.14. The van der Waals surface area contributed by atoms with E-state index in [1.54, 1.807) is 0 Å². The van der Waals surface area contributed by atoms with E-state index < -0.39 is 0 Å². The Morgan fingerprint density at radius 2 is 2.35 bits per heavy atom. The van der Waals surface area contributed by atoms with Gasteiger partial charge in [0.15, 0.2) is 0 Å². The molecule has 0 atom stereocenters. The van der Waals surface area contributed by atoms with Gasteiger partial charge in [0.05, 0.1) is 5.69 Å². The van der Waals surface area contributed by atoms with Crippen molar-refractivity contribution in [3.63, 3.8) is 0 Å². The van der Waals surface area contributed by atoms with E-state index in [4.69, 9.17) is 0 Å². The van der Waals surface area contributed by atoms with Gasteiger partial charge in [-0.25, -0.2) is 0 Å². The zero-order valence-corrected chi connectivity index (χ0v) is 10.7. The predicted molar refractivity (Wildman–Crippen MR) is 72.2 cm³/mol. The van der Waals surface area contributed by atoms with Crippen LogP contribution in [0.2, 0.25) is 0 Å². The first kappa shape index (κ1) is 12.1. The van der Waals surface area contributed by atoms with Gasteiger partial charge in [0.1, 0.15) is 0 Å². The van der Waals surface area contributed by atoms with E-state index in [1.807, 2.05) is 6.20 Å². The molecule has 0 amide bonds. The summed E-state index contributed by atoms with van der Waals surface area (Å²) < 4.78 is 0. The standard InChI is InChI=1S/C14H21N3/c1-3-15-10-13-9-14(6-7-16-13)17-8-4-5-12(2)11-17/h5-7,9,15H,3-4,8,10-11H2,1-2H3. The molecule has 0 spiro atoms. The van der Waals surface area contributed by atoms with Crippen LogP contribution in [0.25, 0.3) is 0 Å². The number of nitrogens with zero attached hydrogens (tertiary/aromatic N) is 2. The molecule has 3 nitrogen and oxygen atoms in total. The van der Waals surface area contributed by atoms with Crippen LogP contribution in [0, 0.1) is 0 Å². The third-order valence-electron chi connectivity index (χ3n) is 3.05. The van der Waals surface area contributed by atoms with Crippen LogP contribution < -0.4 is 10.2 Å². The van der Waals surface area contributed by atoms with Crippen LogP contribution in [0.5, 0.6) is 0 Å². The van der Waals surface area contributed by atoms with Gasteiger partial charge >= 0.3 is 0 Å². The van der Waals surface area contributed by atoms with Crippen LogP contribution in [0.4, 0.5) is 5.69 Å². The van der Waals surface area contributed by atoms with Crippen molar-refractivity contribution in [2.24, 2.45) is 0 Å². The Hall–Kier alpha value is -1.35. The van der Waals surface area contributed by atoms with Crippen molar-refractivity contribution < 1.29 is 0 Å². The van der Waals surface area contributed by atoms with Gasteiger partial charge in [-0.15, -0.1) is 0 Å². The molecule has 0 bridgehead atoms. The van der Waals surface area contributed by atoms with E-state index in [1.165, 1.54) is 11.3 Å². The summed E-state index contributed by atoms with van der Waals surface area (Å²) in [6, 6.07) is 4.30. The van der Waals surface area contributed by atoms with E-state index in [2.05, 4.69) is 47.3 Å². The maximum Gasteiger partial charge on any atom is 0.0562 e. The highest BCUT2D eigenvalue weighted by atomic mass is 15.1. The molecule has 1 aliphatic heterocycles. The molecule has 1 aliphatic rings. The van der Waals surface area contributed by atoms with Gasteiger partial charge in [-0.2, -0.15) is 0 Å². The second kappa shape index (κ2) is 5.82. The highest BCUT2D eigenvalue weighted by Crippen LogP contribution is 2.19. The second-order valence-corrected chi connectivity index (χ2v) is 4.55. The molecule has 0 aromatic carbocycles. The second-order valence-electron chi connectivity index (χ2n) is 4.55. The number of nitrogens with one attached hydrogen (secondary N) is 1. The van der Waals surface area contributed by atoms with Crippen LogP contribution >= 0.6 is 0 Å². The van der Waals surface area contributed by atoms with Crippen molar-refractivity contribution in [2.75, 3.05) is 24.5 Å². The molecule has 1 aromatic heterocycles. The number of aromatic nitrogens is 1. The number of rotatable bonds is 4. The molecule has 0 saturated carbocycles. The highest BCUT2D eigenvalue weighted by Gasteiger charge is 2.11. The first-order valence-corrected chi connectivity index (χ1v) is 6.36. The topological polar surface area (TPSA) is 28.2 Å². The zero-order valence-electron chi connectivity index (χ0n) is 10.7. The Morgan fingerprint density at radius 3 is 3.12 bits per heavy atom. The van der Waals surface area contributed by atoms with E-state index in [-0.39, 0.29) is 0 Å². The molecule has 17 heavy (non-hydrogen) atoms. The summed E-state index contributed by atoms with van der Waals surface area (Å²) in [5.74, 6) is 0. The molecule has 1 aromatic rings. The van der Waals surface area contributed by atoms with Gasteiger partial charge in [0, 0.05) is 31.5 Å². The normalized spacial score (nSPS) is 15.9. The van der Waals surface area contributed by atoms with Gasteiger partial charge < -0.3 is 10.2 Å². The third kappa shape index (κ3) is 3.30. The first-order valence-electron chi connectivity index (χ1n) is 6.36. The third-order valence-corrected chi connectivity index (χ3v) is 3.05. The van der Waals surface area contributed by atoms with Gasteiger partial charge in [-0.05, 0) is 32.0 Å². The average Bonchev–Trinajstić information content (AvgIpc) is 2.37. The maximum absolute atomic E-state index is 4.39. The lowest BCUT2D eigenvalue weighted by Gasteiger charge is -2.28. The van der Waals surface area contributed by atoms with Crippen LogP contribution in [-0.4, -0.2) is 24.6 Å². The van der Waals surface area contributed by atoms with Gasteiger partial charge in [-0.1, -0.05) is 18.6 Å². The SMILES string of the molecule is CCNCc1cc(N2CCC=C(C)C2)ccn1. The molecule has 0 unspecified atom stereocenters. The smallest absolute Gasteiger partial charge is 0.0562 e. The summed E-state index contributed by atoms with van der Waals surface area (Å²) in [4.78, 5) is 6.81. The summed E-state index contributed by atoms with van der Waals surface area (Å²) in [6.07, 6.45) is 5.39. The molecular formula is C14H21N3. The number of anilines is 1.